The van der Waals surface area contributed by atoms with Gasteiger partial charge in [-0.15, -0.1) is 11.3 Å². The zero-order chi connectivity index (χ0) is 21.7. The van der Waals surface area contributed by atoms with Crippen molar-refractivity contribution < 1.29 is 22.7 Å². The summed E-state index contributed by atoms with van der Waals surface area (Å²) in [6.45, 7) is 4.66. The van der Waals surface area contributed by atoms with Gasteiger partial charge < -0.3 is 9.64 Å². The van der Waals surface area contributed by atoms with E-state index >= 15 is 0 Å². The van der Waals surface area contributed by atoms with Gasteiger partial charge in [-0.1, -0.05) is 31.5 Å². The van der Waals surface area contributed by atoms with Crippen LogP contribution in [-0.4, -0.2) is 62.3 Å². The van der Waals surface area contributed by atoms with Crippen LogP contribution in [0.5, 0.6) is 0 Å². The average molecular weight is 451 g/mol. The number of ether oxygens (including phenoxy) is 1. The van der Waals surface area contributed by atoms with Gasteiger partial charge in [0.25, 0.3) is 5.91 Å². The van der Waals surface area contributed by atoms with E-state index in [9.17, 15) is 18.0 Å². The summed E-state index contributed by atoms with van der Waals surface area (Å²) >= 11 is 1.38. The maximum atomic E-state index is 12.7. The number of benzene rings is 1. The van der Waals surface area contributed by atoms with Crippen molar-refractivity contribution in [2.24, 2.45) is 0 Å². The molecule has 3 rings (SSSR count). The highest BCUT2D eigenvalue weighted by molar-refractivity contribution is 7.89. The lowest BCUT2D eigenvalue weighted by molar-refractivity contribution is -0.135. The topological polar surface area (TPSA) is 84.0 Å². The maximum Gasteiger partial charge on any atom is 0.348 e. The summed E-state index contributed by atoms with van der Waals surface area (Å²) in [7, 11) is -3.57. The van der Waals surface area contributed by atoms with E-state index in [1.54, 1.807) is 30.3 Å². The number of piperazine rings is 1. The van der Waals surface area contributed by atoms with Gasteiger partial charge in [0.1, 0.15) is 4.88 Å². The van der Waals surface area contributed by atoms with Crippen molar-refractivity contribution in [3.8, 4) is 0 Å². The van der Waals surface area contributed by atoms with Gasteiger partial charge >= 0.3 is 5.97 Å². The number of thiophene rings is 1. The summed E-state index contributed by atoms with van der Waals surface area (Å²) in [6, 6.07) is 10.1. The van der Waals surface area contributed by atoms with Crippen molar-refractivity contribution in [1.29, 1.82) is 0 Å². The molecule has 30 heavy (non-hydrogen) atoms. The molecule has 1 aliphatic heterocycles. The molecule has 2 heterocycles. The summed E-state index contributed by atoms with van der Waals surface area (Å²) in [6.07, 6.45) is 1.90. The van der Waals surface area contributed by atoms with E-state index in [1.165, 1.54) is 20.5 Å². The van der Waals surface area contributed by atoms with Crippen molar-refractivity contribution in [1.82, 2.24) is 9.21 Å². The molecule has 0 aliphatic carbocycles. The van der Waals surface area contributed by atoms with Gasteiger partial charge in [-0.05, 0) is 37.1 Å². The summed E-state index contributed by atoms with van der Waals surface area (Å²) in [5.41, 5.74) is 1.14. The molecule has 7 nitrogen and oxygen atoms in total. The molecule has 1 aliphatic rings. The number of hydrogen-bond acceptors (Lipinski definition) is 6. The number of rotatable bonds is 7. The minimum atomic E-state index is -3.57. The second-order valence-electron chi connectivity index (χ2n) is 7.12. The molecule has 9 heteroatoms. The molecule has 1 fully saturated rings. The number of aryl methyl sites for hydroxylation is 2. The van der Waals surface area contributed by atoms with Crippen LogP contribution < -0.4 is 0 Å². The third kappa shape index (κ3) is 5.08. The van der Waals surface area contributed by atoms with Crippen LogP contribution in [0.1, 0.15) is 33.5 Å². The molecule has 2 aromatic rings. The number of sulfonamides is 1. The van der Waals surface area contributed by atoms with Crippen molar-refractivity contribution in [3.63, 3.8) is 0 Å². The van der Waals surface area contributed by atoms with Crippen LogP contribution in [0.15, 0.2) is 41.3 Å². The summed E-state index contributed by atoms with van der Waals surface area (Å²) in [4.78, 5) is 28.1. The third-order valence-electron chi connectivity index (χ3n) is 5.04. The van der Waals surface area contributed by atoms with E-state index in [-0.39, 0.29) is 43.6 Å². The largest absolute Gasteiger partial charge is 0.451 e. The molecule has 0 spiro atoms. The fraction of sp³-hybridized carbons (Fsp3) is 0.429. The zero-order valence-corrected chi connectivity index (χ0v) is 18.8. The molecule has 0 atom stereocenters. The third-order valence-corrected chi connectivity index (χ3v) is 8.03. The Hall–Kier alpha value is -2.23. The first-order valence-electron chi connectivity index (χ1n) is 9.92. The van der Waals surface area contributed by atoms with Gasteiger partial charge in [0.15, 0.2) is 6.61 Å². The van der Waals surface area contributed by atoms with E-state index in [0.29, 0.717) is 4.88 Å². The van der Waals surface area contributed by atoms with Crippen LogP contribution >= 0.6 is 11.3 Å². The van der Waals surface area contributed by atoms with Gasteiger partial charge in [-0.3, -0.25) is 4.79 Å². The Morgan fingerprint density at radius 1 is 1.10 bits per heavy atom. The monoisotopic (exact) mass is 450 g/mol. The van der Waals surface area contributed by atoms with Crippen LogP contribution in [0.25, 0.3) is 0 Å². The minimum Gasteiger partial charge on any atom is -0.451 e. The fourth-order valence-electron chi connectivity index (χ4n) is 3.35. The number of nitrogens with zero attached hydrogens (tertiary/aromatic N) is 2. The molecule has 1 saturated heterocycles. The Labute approximate surface area is 181 Å². The minimum absolute atomic E-state index is 0.210. The normalized spacial score (nSPS) is 15.2. The SMILES string of the molecule is CCCc1cc(C(=O)OCC(=O)N2CCN(S(=O)(=O)c3ccccc3)CC2)sc1C. The first-order valence-corrected chi connectivity index (χ1v) is 12.2. The van der Waals surface area contributed by atoms with Gasteiger partial charge in [0, 0.05) is 31.1 Å². The zero-order valence-electron chi connectivity index (χ0n) is 17.2. The molecule has 1 aromatic carbocycles. The molecule has 0 saturated carbocycles. The number of hydrogen-bond donors (Lipinski definition) is 0. The van der Waals surface area contributed by atoms with Gasteiger partial charge in [0.2, 0.25) is 10.0 Å². The highest BCUT2D eigenvalue weighted by atomic mass is 32.2. The van der Waals surface area contributed by atoms with Crippen molar-refractivity contribution in [2.75, 3.05) is 32.8 Å². The average Bonchev–Trinajstić information content (AvgIpc) is 3.13. The molecule has 162 valence electrons. The van der Waals surface area contributed by atoms with Crippen LogP contribution in [0, 0.1) is 6.92 Å². The van der Waals surface area contributed by atoms with E-state index in [0.717, 1.165) is 23.3 Å². The summed E-state index contributed by atoms with van der Waals surface area (Å²) in [5, 5.41) is 0. The summed E-state index contributed by atoms with van der Waals surface area (Å²) in [5.74, 6) is -0.814. The number of carbonyl (C=O) groups is 2. The molecule has 1 amide bonds. The standard InChI is InChI=1S/C21H26N2O5S2/c1-3-7-17-14-19(29-16(17)2)21(25)28-15-20(24)22-10-12-23(13-11-22)30(26,27)18-8-5-4-6-9-18/h4-6,8-9,14H,3,7,10-13,15H2,1-2H3. The number of esters is 1. The van der Waals surface area contributed by atoms with E-state index < -0.39 is 16.0 Å². The fourth-order valence-corrected chi connectivity index (χ4v) is 5.76. The molecular formula is C21H26N2O5S2. The number of carbonyl (C=O) groups excluding carboxylic acids is 2. The predicted octanol–water partition coefficient (Wildman–Crippen LogP) is 2.70. The molecule has 0 N–H and O–H groups in total. The lowest BCUT2D eigenvalue weighted by atomic mass is 10.1. The highest BCUT2D eigenvalue weighted by Gasteiger charge is 2.30. The van der Waals surface area contributed by atoms with Crippen LogP contribution in [0.3, 0.4) is 0 Å². The molecule has 1 aromatic heterocycles. The number of amides is 1. The Morgan fingerprint density at radius 2 is 1.77 bits per heavy atom. The highest BCUT2D eigenvalue weighted by Crippen LogP contribution is 2.23. The lowest BCUT2D eigenvalue weighted by Gasteiger charge is -2.33. The van der Waals surface area contributed by atoms with Crippen LogP contribution in [-0.2, 0) is 26.0 Å². The Bertz CT molecular complexity index is 994. The molecule has 0 unspecified atom stereocenters. The molecule has 0 radical (unpaired) electrons. The molecule has 0 bridgehead atoms. The molecular weight excluding hydrogens is 424 g/mol. The van der Waals surface area contributed by atoms with E-state index in [2.05, 4.69) is 6.92 Å². The van der Waals surface area contributed by atoms with Gasteiger partial charge in [-0.2, -0.15) is 4.31 Å². The van der Waals surface area contributed by atoms with E-state index in [1.807, 2.05) is 13.0 Å². The quantitative estimate of drug-likeness (QED) is 0.606. The van der Waals surface area contributed by atoms with Crippen LogP contribution in [0.4, 0.5) is 0 Å². The Balaban J connectivity index is 1.51. The van der Waals surface area contributed by atoms with Crippen molar-refractivity contribution in [2.45, 2.75) is 31.6 Å². The van der Waals surface area contributed by atoms with E-state index in [4.69, 9.17) is 4.74 Å². The van der Waals surface area contributed by atoms with Crippen molar-refractivity contribution in [3.05, 3.63) is 51.7 Å². The lowest BCUT2D eigenvalue weighted by Crippen LogP contribution is -2.51. The second kappa shape index (κ2) is 9.72. The maximum absolute atomic E-state index is 12.7. The first kappa shape index (κ1) is 22.5. The van der Waals surface area contributed by atoms with Gasteiger partial charge in [-0.25, -0.2) is 13.2 Å². The Kier molecular flexibility index (Phi) is 7.27. The van der Waals surface area contributed by atoms with Crippen molar-refractivity contribution >= 4 is 33.2 Å². The first-order chi connectivity index (χ1) is 14.3. The second-order valence-corrected chi connectivity index (χ2v) is 10.3. The smallest absolute Gasteiger partial charge is 0.348 e. The predicted molar refractivity (Wildman–Crippen MR) is 115 cm³/mol. The van der Waals surface area contributed by atoms with Crippen LogP contribution in [0.2, 0.25) is 0 Å². The Morgan fingerprint density at radius 3 is 2.40 bits per heavy atom. The van der Waals surface area contributed by atoms with Gasteiger partial charge in [0.05, 0.1) is 4.90 Å². The summed E-state index contributed by atoms with van der Waals surface area (Å²) < 4.78 is 31.9.